The first-order chi connectivity index (χ1) is 8.20. The second-order valence-electron chi connectivity index (χ2n) is 3.84. The maximum absolute atomic E-state index is 10.4. The maximum Gasteiger partial charge on any atom is 0.341 e. The Hall–Kier alpha value is -2.03. The van der Waals surface area contributed by atoms with Gasteiger partial charge in [-0.25, -0.2) is 4.79 Å². The highest BCUT2D eigenvalue weighted by Crippen LogP contribution is 2.24. The van der Waals surface area contributed by atoms with Gasteiger partial charge in [0, 0.05) is 0 Å². The number of aliphatic carboxylic acids is 1. The number of fused-ring (bicyclic) bond motifs is 1. The zero-order valence-electron chi connectivity index (χ0n) is 9.64. The van der Waals surface area contributed by atoms with E-state index in [1.165, 1.54) is 5.56 Å². The van der Waals surface area contributed by atoms with Crippen LogP contribution in [0, 0.1) is 0 Å². The van der Waals surface area contributed by atoms with Crippen molar-refractivity contribution >= 4 is 16.7 Å². The highest BCUT2D eigenvalue weighted by Gasteiger charge is 2.03. The van der Waals surface area contributed by atoms with Gasteiger partial charge in [0.05, 0.1) is 0 Å². The summed E-state index contributed by atoms with van der Waals surface area (Å²) >= 11 is 0. The van der Waals surface area contributed by atoms with Crippen molar-refractivity contribution in [2.45, 2.75) is 13.3 Å². The Morgan fingerprint density at radius 3 is 2.82 bits per heavy atom. The van der Waals surface area contributed by atoms with Gasteiger partial charge in [-0.3, -0.25) is 0 Å². The molecular weight excluding hydrogens is 216 g/mol. The molecule has 0 bridgehead atoms. The lowest BCUT2D eigenvalue weighted by Gasteiger charge is -2.07. The van der Waals surface area contributed by atoms with Gasteiger partial charge in [0.25, 0.3) is 0 Å². The van der Waals surface area contributed by atoms with Gasteiger partial charge in [-0.1, -0.05) is 31.2 Å². The zero-order valence-corrected chi connectivity index (χ0v) is 9.64. The molecule has 3 nitrogen and oxygen atoms in total. The first kappa shape index (κ1) is 11.5. The Bertz CT molecular complexity index is 546. The molecule has 3 heteroatoms. The topological polar surface area (TPSA) is 46.5 Å². The molecule has 0 spiro atoms. The van der Waals surface area contributed by atoms with Gasteiger partial charge in [0.1, 0.15) is 5.75 Å². The SMILES string of the molecule is CCc1cccc2ccc(OCC(=O)O)cc12. The van der Waals surface area contributed by atoms with E-state index in [1.54, 1.807) is 6.07 Å². The molecule has 2 aromatic rings. The molecule has 0 fully saturated rings. The Labute approximate surface area is 99.6 Å². The van der Waals surface area contributed by atoms with Crippen LogP contribution in [0.2, 0.25) is 0 Å². The summed E-state index contributed by atoms with van der Waals surface area (Å²) in [6.45, 7) is 1.79. The minimum atomic E-state index is -0.964. The molecule has 1 N–H and O–H groups in total. The summed E-state index contributed by atoms with van der Waals surface area (Å²) < 4.78 is 5.18. The van der Waals surface area contributed by atoms with Gasteiger partial charge in [0.15, 0.2) is 6.61 Å². The van der Waals surface area contributed by atoms with Gasteiger partial charge in [-0.05, 0) is 34.9 Å². The fraction of sp³-hybridized carbons (Fsp3) is 0.214. The maximum atomic E-state index is 10.4. The summed E-state index contributed by atoms with van der Waals surface area (Å²) in [6.07, 6.45) is 0.944. The normalized spacial score (nSPS) is 10.4. The highest BCUT2D eigenvalue weighted by molar-refractivity contribution is 5.87. The number of carbonyl (C=O) groups is 1. The number of benzene rings is 2. The second-order valence-corrected chi connectivity index (χ2v) is 3.84. The lowest BCUT2D eigenvalue weighted by molar-refractivity contribution is -0.139. The van der Waals surface area contributed by atoms with E-state index in [1.807, 2.05) is 24.3 Å². The van der Waals surface area contributed by atoms with E-state index < -0.39 is 5.97 Å². The van der Waals surface area contributed by atoms with E-state index in [-0.39, 0.29) is 6.61 Å². The van der Waals surface area contributed by atoms with Crippen molar-refractivity contribution in [2.24, 2.45) is 0 Å². The first-order valence-electron chi connectivity index (χ1n) is 5.57. The predicted octanol–water partition coefficient (Wildman–Crippen LogP) is 2.87. The van der Waals surface area contributed by atoms with E-state index in [0.29, 0.717) is 5.75 Å². The van der Waals surface area contributed by atoms with Gasteiger partial charge < -0.3 is 9.84 Å². The molecule has 0 amide bonds. The van der Waals surface area contributed by atoms with Crippen LogP contribution >= 0.6 is 0 Å². The third-order valence-electron chi connectivity index (χ3n) is 2.69. The third-order valence-corrected chi connectivity index (χ3v) is 2.69. The summed E-state index contributed by atoms with van der Waals surface area (Å²) in [5.41, 5.74) is 1.24. The van der Waals surface area contributed by atoms with E-state index in [4.69, 9.17) is 9.84 Å². The quantitative estimate of drug-likeness (QED) is 0.878. The Balaban J connectivity index is 2.37. The molecule has 17 heavy (non-hydrogen) atoms. The molecule has 2 rings (SSSR count). The van der Waals surface area contributed by atoms with E-state index >= 15 is 0 Å². The Morgan fingerprint density at radius 2 is 2.12 bits per heavy atom. The smallest absolute Gasteiger partial charge is 0.341 e. The van der Waals surface area contributed by atoms with Crippen LogP contribution in [-0.4, -0.2) is 17.7 Å². The monoisotopic (exact) mass is 230 g/mol. The van der Waals surface area contributed by atoms with Gasteiger partial charge in [0.2, 0.25) is 0 Å². The largest absolute Gasteiger partial charge is 0.482 e. The van der Waals surface area contributed by atoms with Crippen molar-refractivity contribution in [3.05, 3.63) is 42.0 Å². The fourth-order valence-electron chi connectivity index (χ4n) is 1.86. The summed E-state index contributed by atoms with van der Waals surface area (Å²) in [4.78, 5) is 10.4. The summed E-state index contributed by atoms with van der Waals surface area (Å²) in [5.74, 6) is -0.366. The lowest BCUT2D eigenvalue weighted by Crippen LogP contribution is -2.09. The molecule has 0 unspecified atom stereocenters. The molecule has 88 valence electrons. The third kappa shape index (κ3) is 2.56. The van der Waals surface area contributed by atoms with Crippen LogP contribution < -0.4 is 4.74 Å². The average molecular weight is 230 g/mol. The van der Waals surface area contributed by atoms with Crippen LogP contribution in [0.4, 0.5) is 0 Å². The van der Waals surface area contributed by atoms with Gasteiger partial charge >= 0.3 is 5.97 Å². The average Bonchev–Trinajstić information content (AvgIpc) is 2.35. The van der Waals surface area contributed by atoms with Crippen LogP contribution in [0.1, 0.15) is 12.5 Å². The molecule has 0 saturated carbocycles. The van der Waals surface area contributed by atoms with Crippen LogP contribution in [0.15, 0.2) is 36.4 Å². The van der Waals surface area contributed by atoms with Crippen LogP contribution in [0.3, 0.4) is 0 Å². The first-order valence-corrected chi connectivity index (χ1v) is 5.57. The van der Waals surface area contributed by atoms with Crippen molar-refractivity contribution in [1.29, 1.82) is 0 Å². The fourth-order valence-corrected chi connectivity index (χ4v) is 1.86. The molecule has 0 aromatic heterocycles. The molecule has 2 aromatic carbocycles. The minimum Gasteiger partial charge on any atom is -0.482 e. The molecular formula is C14H14O3. The van der Waals surface area contributed by atoms with Crippen molar-refractivity contribution < 1.29 is 14.6 Å². The summed E-state index contributed by atoms with van der Waals surface area (Å²) in [6, 6.07) is 11.8. The molecule has 0 heterocycles. The number of carboxylic acids is 1. The summed E-state index contributed by atoms with van der Waals surface area (Å²) in [7, 11) is 0. The van der Waals surface area contributed by atoms with Crippen molar-refractivity contribution in [2.75, 3.05) is 6.61 Å². The molecule has 0 saturated heterocycles. The number of aryl methyl sites for hydroxylation is 1. The van der Waals surface area contributed by atoms with E-state index in [2.05, 4.69) is 13.0 Å². The second kappa shape index (κ2) is 4.87. The predicted molar refractivity (Wildman–Crippen MR) is 66.5 cm³/mol. The van der Waals surface area contributed by atoms with Crippen molar-refractivity contribution in [3.63, 3.8) is 0 Å². The number of ether oxygens (including phenoxy) is 1. The molecule has 0 aliphatic heterocycles. The highest BCUT2D eigenvalue weighted by atomic mass is 16.5. The van der Waals surface area contributed by atoms with Crippen LogP contribution in [0.25, 0.3) is 10.8 Å². The van der Waals surface area contributed by atoms with Crippen LogP contribution in [0.5, 0.6) is 5.75 Å². The summed E-state index contributed by atoms with van der Waals surface area (Å²) in [5, 5.41) is 10.8. The number of hydrogen-bond donors (Lipinski definition) is 1. The Morgan fingerprint density at radius 1 is 1.29 bits per heavy atom. The zero-order chi connectivity index (χ0) is 12.3. The standard InChI is InChI=1S/C14H14O3/c1-2-10-4-3-5-11-6-7-12(8-13(10)11)17-9-14(15)16/h3-8H,2,9H2,1H3,(H,15,16). The van der Waals surface area contributed by atoms with E-state index in [9.17, 15) is 4.79 Å². The van der Waals surface area contributed by atoms with Gasteiger partial charge in [-0.2, -0.15) is 0 Å². The lowest BCUT2D eigenvalue weighted by atomic mass is 10.0. The Kier molecular flexibility index (Phi) is 3.28. The van der Waals surface area contributed by atoms with Crippen molar-refractivity contribution in [3.8, 4) is 5.75 Å². The van der Waals surface area contributed by atoms with Gasteiger partial charge in [-0.15, -0.1) is 0 Å². The number of hydrogen-bond acceptors (Lipinski definition) is 2. The number of rotatable bonds is 4. The minimum absolute atomic E-state index is 0.306. The molecule has 0 aliphatic rings. The van der Waals surface area contributed by atoms with E-state index in [0.717, 1.165) is 17.2 Å². The number of carboxylic acid groups (broad SMARTS) is 1. The molecule has 0 radical (unpaired) electrons. The van der Waals surface area contributed by atoms with Crippen molar-refractivity contribution in [1.82, 2.24) is 0 Å². The molecule has 0 aliphatic carbocycles. The molecule has 0 atom stereocenters. The van der Waals surface area contributed by atoms with Crippen LogP contribution in [-0.2, 0) is 11.2 Å².